The van der Waals surface area contributed by atoms with E-state index >= 15 is 0 Å². The first-order valence-electron chi connectivity index (χ1n) is 4.70. The van der Waals surface area contributed by atoms with Crippen molar-refractivity contribution in [1.29, 1.82) is 0 Å². The monoisotopic (exact) mass is 201 g/mol. The molecule has 3 nitrogen and oxygen atoms in total. The van der Waals surface area contributed by atoms with Gasteiger partial charge in [-0.2, -0.15) is 4.73 Å². The number of hydrogen-bond donors (Lipinski definition) is 0. The molecule has 76 valence electrons. The number of rotatable bonds is 4. The van der Waals surface area contributed by atoms with Crippen molar-refractivity contribution in [2.24, 2.45) is 0 Å². The van der Waals surface area contributed by atoms with E-state index in [1.165, 1.54) is 4.73 Å². The summed E-state index contributed by atoms with van der Waals surface area (Å²) in [4.78, 5) is 16.0. The minimum absolute atomic E-state index is 0.455. The van der Waals surface area contributed by atoms with Crippen LogP contribution in [0.3, 0.4) is 0 Å². The molecular weight excluding hydrogens is 190 g/mol. The van der Waals surface area contributed by atoms with Gasteiger partial charge in [-0.3, -0.25) is 4.79 Å². The molecule has 0 radical (unpaired) electrons. The fourth-order valence-corrected chi connectivity index (χ4v) is 1.31. The lowest BCUT2D eigenvalue weighted by atomic mass is 10.2. The molecule has 15 heavy (non-hydrogen) atoms. The summed E-state index contributed by atoms with van der Waals surface area (Å²) in [6.45, 7) is 0.455. The second kappa shape index (κ2) is 4.46. The molecule has 0 amide bonds. The van der Waals surface area contributed by atoms with Crippen molar-refractivity contribution >= 4 is 6.29 Å². The summed E-state index contributed by atoms with van der Waals surface area (Å²) in [5.41, 5.74) is 1.59. The number of hydrogen-bond acceptors (Lipinski definition) is 2. The number of aldehydes is 1. The zero-order chi connectivity index (χ0) is 10.5. The highest BCUT2D eigenvalue weighted by molar-refractivity contribution is 5.71. The lowest BCUT2D eigenvalue weighted by Crippen LogP contribution is -2.12. The lowest BCUT2D eigenvalue weighted by molar-refractivity contribution is 0.0859. The van der Waals surface area contributed by atoms with E-state index in [2.05, 4.69) is 0 Å². The molecule has 0 bridgehead atoms. The van der Waals surface area contributed by atoms with Gasteiger partial charge in [0.2, 0.25) is 0 Å². The maximum Gasteiger partial charge on any atom is 0.169 e. The summed E-state index contributed by atoms with van der Waals surface area (Å²) in [6.07, 6.45) is 2.48. The van der Waals surface area contributed by atoms with Crippen molar-refractivity contribution in [3.05, 3.63) is 59.9 Å². The van der Waals surface area contributed by atoms with E-state index < -0.39 is 0 Å². The fraction of sp³-hybridized carbons (Fsp3) is 0.0833. The Labute approximate surface area is 87.9 Å². The predicted octanol–water partition coefficient (Wildman–Crippen LogP) is 1.93. The zero-order valence-electron chi connectivity index (χ0n) is 8.17. The van der Waals surface area contributed by atoms with Gasteiger partial charge in [-0.1, -0.05) is 30.3 Å². The minimum atomic E-state index is 0.455. The Balaban J connectivity index is 2.02. The SMILES string of the molecule is O=Cc1cccn1OCc1ccccc1. The highest BCUT2D eigenvalue weighted by atomic mass is 16.7. The molecule has 2 rings (SSSR count). The summed E-state index contributed by atoms with van der Waals surface area (Å²) in [5.74, 6) is 0. The molecule has 0 fully saturated rings. The van der Waals surface area contributed by atoms with Crippen LogP contribution >= 0.6 is 0 Å². The molecule has 0 aliphatic carbocycles. The third-order valence-electron chi connectivity index (χ3n) is 2.08. The van der Waals surface area contributed by atoms with Gasteiger partial charge in [0.25, 0.3) is 0 Å². The van der Waals surface area contributed by atoms with E-state index in [1.54, 1.807) is 18.3 Å². The number of carbonyl (C=O) groups excluding carboxylic acids is 1. The average molecular weight is 201 g/mol. The number of nitrogens with zero attached hydrogens (tertiary/aromatic N) is 1. The van der Waals surface area contributed by atoms with E-state index in [0.717, 1.165) is 11.8 Å². The first-order valence-corrected chi connectivity index (χ1v) is 4.70. The van der Waals surface area contributed by atoms with Crippen molar-refractivity contribution in [2.45, 2.75) is 6.61 Å². The van der Waals surface area contributed by atoms with Crippen LogP contribution in [-0.2, 0) is 6.61 Å². The van der Waals surface area contributed by atoms with E-state index in [4.69, 9.17) is 4.84 Å². The summed E-state index contributed by atoms with van der Waals surface area (Å²) in [6, 6.07) is 13.3. The Morgan fingerprint density at radius 2 is 1.93 bits per heavy atom. The Hall–Kier alpha value is -2.03. The average Bonchev–Trinajstić information content (AvgIpc) is 2.75. The van der Waals surface area contributed by atoms with Gasteiger partial charge >= 0.3 is 0 Å². The van der Waals surface area contributed by atoms with Crippen LogP contribution in [0.5, 0.6) is 0 Å². The van der Waals surface area contributed by atoms with Gasteiger partial charge in [0.15, 0.2) is 6.29 Å². The molecule has 0 aliphatic rings. The molecule has 0 N–H and O–H groups in total. The second-order valence-corrected chi connectivity index (χ2v) is 3.14. The predicted molar refractivity (Wildman–Crippen MR) is 56.5 cm³/mol. The van der Waals surface area contributed by atoms with Gasteiger partial charge in [-0.15, -0.1) is 0 Å². The Morgan fingerprint density at radius 1 is 1.13 bits per heavy atom. The first kappa shape index (κ1) is 9.52. The summed E-state index contributed by atoms with van der Waals surface area (Å²) in [5, 5.41) is 0. The molecule has 0 saturated carbocycles. The quantitative estimate of drug-likeness (QED) is 0.708. The molecular formula is C12H11NO2. The number of benzene rings is 1. The molecule has 1 aromatic carbocycles. The van der Waals surface area contributed by atoms with Crippen molar-refractivity contribution in [3.8, 4) is 0 Å². The van der Waals surface area contributed by atoms with Crippen molar-refractivity contribution in [2.75, 3.05) is 0 Å². The molecule has 0 unspecified atom stereocenters. The summed E-state index contributed by atoms with van der Waals surface area (Å²) >= 11 is 0. The van der Waals surface area contributed by atoms with Gasteiger partial charge in [0, 0.05) is 6.20 Å². The van der Waals surface area contributed by atoms with E-state index in [0.29, 0.717) is 12.3 Å². The largest absolute Gasteiger partial charge is 0.409 e. The van der Waals surface area contributed by atoms with Crippen LogP contribution < -0.4 is 4.84 Å². The van der Waals surface area contributed by atoms with Crippen LogP contribution in [0, 0.1) is 0 Å². The van der Waals surface area contributed by atoms with Crippen LogP contribution in [0.25, 0.3) is 0 Å². The minimum Gasteiger partial charge on any atom is -0.409 e. The van der Waals surface area contributed by atoms with Crippen LogP contribution in [0.15, 0.2) is 48.7 Å². The fourth-order valence-electron chi connectivity index (χ4n) is 1.31. The molecule has 3 heteroatoms. The lowest BCUT2D eigenvalue weighted by Gasteiger charge is -2.07. The van der Waals surface area contributed by atoms with Gasteiger partial charge in [-0.05, 0) is 17.7 Å². The molecule has 1 aromatic heterocycles. The topological polar surface area (TPSA) is 31.2 Å². The van der Waals surface area contributed by atoms with Crippen LogP contribution in [0.1, 0.15) is 16.1 Å². The van der Waals surface area contributed by atoms with E-state index in [-0.39, 0.29) is 0 Å². The highest BCUT2D eigenvalue weighted by Crippen LogP contribution is 2.01. The molecule has 1 heterocycles. The maximum atomic E-state index is 10.6. The Morgan fingerprint density at radius 3 is 2.67 bits per heavy atom. The summed E-state index contributed by atoms with van der Waals surface area (Å²) < 4.78 is 1.47. The van der Waals surface area contributed by atoms with Crippen LogP contribution in [0.4, 0.5) is 0 Å². The second-order valence-electron chi connectivity index (χ2n) is 3.14. The molecule has 0 saturated heterocycles. The molecule has 0 aliphatic heterocycles. The van der Waals surface area contributed by atoms with Crippen molar-refractivity contribution in [3.63, 3.8) is 0 Å². The van der Waals surface area contributed by atoms with E-state index in [9.17, 15) is 4.79 Å². The summed E-state index contributed by atoms with van der Waals surface area (Å²) in [7, 11) is 0. The number of carbonyl (C=O) groups is 1. The smallest absolute Gasteiger partial charge is 0.169 e. The normalized spacial score (nSPS) is 9.87. The third kappa shape index (κ3) is 2.26. The zero-order valence-corrected chi connectivity index (χ0v) is 8.17. The van der Waals surface area contributed by atoms with Gasteiger partial charge in [-0.25, -0.2) is 0 Å². The van der Waals surface area contributed by atoms with Crippen LogP contribution in [-0.4, -0.2) is 11.0 Å². The van der Waals surface area contributed by atoms with Gasteiger partial charge in [0.05, 0.1) is 0 Å². The van der Waals surface area contributed by atoms with Gasteiger partial charge in [0.1, 0.15) is 12.3 Å². The third-order valence-corrected chi connectivity index (χ3v) is 2.08. The number of aromatic nitrogens is 1. The maximum absolute atomic E-state index is 10.6. The van der Waals surface area contributed by atoms with Crippen molar-refractivity contribution in [1.82, 2.24) is 4.73 Å². The standard InChI is InChI=1S/C12H11NO2/c14-9-12-7-4-8-13(12)15-10-11-5-2-1-3-6-11/h1-9H,10H2. The Bertz CT molecular complexity index is 434. The molecule has 2 aromatic rings. The van der Waals surface area contributed by atoms with Gasteiger partial charge < -0.3 is 4.84 Å². The molecule has 0 atom stereocenters. The van der Waals surface area contributed by atoms with Crippen molar-refractivity contribution < 1.29 is 9.63 Å². The van der Waals surface area contributed by atoms with Crippen LogP contribution in [0.2, 0.25) is 0 Å². The molecule has 0 spiro atoms. The highest BCUT2D eigenvalue weighted by Gasteiger charge is 1.99. The van der Waals surface area contributed by atoms with E-state index in [1.807, 2.05) is 30.3 Å². The Kier molecular flexibility index (Phi) is 2.83. The first-order chi connectivity index (χ1) is 7.40.